The first-order valence-electron chi connectivity index (χ1n) is 7.66. The van der Waals surface area contributed by atoms with Gasteiger partial charge in [-0.05, 0) is 57.1 Å². The van der Waals surface area contributed by atoms with Gasteiger partial charge in [0.25, 0.3) is 5.91 Å². The number of aromatic nitrogens is 1. The molecule has 5 heteroatoms. The summed E-state index contributed by atoms with van der Waals surface area (Å²) >= 11 is 0. The molecule has 2 rings (SSSR count). The number of amides is 1. The number of anilines is 1. The molecule has 3 N–H and O–H groups in total. The second-order valence-electron chi connectivity index (χ2n) is 5.96. The van der Waals surface area contributed by atoms with Gasteiger partial charge in [0.05, 0.1) is 5.56 Å². The SMILES string of the molecule is Cc1cc(C)c(C(N)=O)c(N2CCCC(CCCO)C2)n1. The van der Waals surface area contributed by atoms with Crippen LogP contribution in [0.15, 0.2) is 6.07 Å². The molecular formula is C16H25N3O2. The number of hydrogen-bond acceptors (Lipinski definition) is 4. The van der Waals surface area contributed by atoms with E-state index in [0.29, 0.717) is 11.5 Å². The second kappa shape index (κ2) is 6.89. The molecule has 1 aliphatic heterocycles. The number of primary amides is 1. The number of carbonyl (C=O) groups is 1. The maximum Gasteiger partial charge on any atom is 0.252 e. The predicted molar refractivity (Wildman–Crippen MR) is 83.5 cm³/mol. The Morgan fingerprint density at radius 2 is 2.29 bits per heavy atom. The molecule has 0 spiro atoms. The quantitative estimate of drug-likeness (QED) is 0.866. The van der Waals surface area contributed by atoms with Crippen LogP contribution in [0.1, 0.15) is 47.3 Å². The summed E-state index contributed by atoms with van der Waals surface area (Å²) in [6, 6.07) is 1.90. The van der Waals surface area contributed by atoms with Crippen molar-refractivity contribution >= 4 is 11.7 Å². The Morgan fingerprint density at radius 3 is 2.95 bits per heavy atom. The fraction of sp³-hybridized carbons (Fsp3) is 0.625. The van der Waals surface area contributed by atoms with Crippen molar-refractivity contribution in [2.45, 2.75) is 39.5 Å². The highest BCUT2D eigenvalue weighted by atomic mass is 16.2. The summed E-state index contributed by atoms with van der Waals surface area (Å²) in [5.41, 5.74) is 7.89. The normalized spacial score (nSPS) is 18.8. The highest BCUT2D eigenvalue weighted by Crippen LogP contribution is 2.28. The molecule has 0 aliphatic carbocycles. The molecule has 0 bridgehead atoms. The Hall–Kier alpha value is -1.62. The highest BCUT2D eigenvalue weighted by molar-refractivity contribution is 5.99. The summed E-state index contributed by atoms with van der Waals surface area (Å²) < 4.78 is 0. The first-order valence-corrected chi connectivity index (χ1v) is 7.66. The van der Waals surface area contributed by atoms with Crippen molar-refractivity contribution in [2.24, 2.45) is 11.7 Å². The van der Waals surface area contributed by atoms with E-state index in [4.69, 9.17) is 10.8 Å². The molecule has 5 nitrogen and oxygen atoms in total. The lowest BCUT2D eigenvalue weighted by molar-refractivity contribution is 0.0999. The van der Waals surface area contributed by atoms with Crippen molar-refractivity contribution in [3.8, 4) is 0 Å². The van der Waals surface area contributed by atoms with Crippen molar-refractivity contribution in [3.05, 3.63) is 22.9 Å². The van der Waals surface area contributed by atoms with Gasteiger partial charge in [-0.25, -0.2) is 4.98 Å². The van der Waals surface area contributed by atoms with E-state index >= 15 is 0 Å². The fourth-order valence-corrected chi connectivity index (χ4v) is 3.22. The Labute approximate surface area is 126 Å². The molecule has 0 aromatic carbocycles. The van der Waals surface area contributed by atoms with Crippen LogP contribution in [0.2, 0.25) is 0 Å². The molecule has 116 valence electrons. The topological polar surface area (TPSA) is 79.5 Å². The van der Waals surface area contributed by atoms with E-state index in [1.54, 1.807) is 0 Å². The lowest BCUT2D eigenvalue weighted by atomic mass is 9.93. The van der Waals surface area contributed by atoms with Crippen molar-refractivity contribution < 1.29 is 9.90 Å². The largest absolute Gasteiger partial charge is 0.396 e. The average molecular weight is 291 g/mol. The Bertz CT molecular complexity index is 516. The Balaban J connectivity index is 2.26. The van der Waals surface area contributed by atoms with E-state index in [-0.39, 0.29) is 6.61 Å². The van der Waals surface area contributed by atoms with E-state index in [1.165, 1.54) is 6.42 Å². The van der Waals surface area contributed by atoms with Crippen LogP contribution in [0.4, 0.5) is 5.82 Å². The number of rotatable bonds is 5. The van der Waals surface area contributed by atoms with Gasteiger partial charge in [-0.3, -0.25) is 4.79 Å². The van der Waals surface area contributed by atoms with Crippen LogP contribution in [-0.2, 0) is 0 Å². The number of aryl methyl sites for hydroxylation is 2. The molecule has 1 saturated heterocycles. The molecule has 0 saturated carbocycles. The van der Waals surface area contributed by atoms with E-state index in [9.17, 15) is 4.79 Å². The number of nitrogens with two attached hydrogens (primary N) is 1. The summed E-state index contributed by atoms with van der Waals surface area (Å²) in [7, 11) is 0. The Morgan fingerprint density at radius 1 is 1.52 bits per heavy atom. The van der Waals surface area contributed by atoms with Gasteiger partial charge in [-0.15, -0.1) is 0 Å². The van der Waals surface area contributed by atoms with Crippen LogP contribution in [0.5, 0.6) is 0 Å². The minimum absolute atomic E-state index is 0.241. The molecule has 2 heterocycles. The standard InChI is InChI=1S/C16H25N3O2/c1-11-9-12(2)18-16(14(11)15(17)21)19-7-3-5-13(10-19)6-4-8-20/h9,13,20H,3-8,10H2,1-2H3,(H2,17,21). The molecule has 1 aromatic rings. The molecule has 1 atom stereocenters. The molecule has 1 aliphatic rings. The minimum Gasteiger partial charge on any atom is -0.396 e. The number of pyridine rings is 1. The van der Waals surface area contributed by atoms with Crippen LogP contribution >= 0.6 is 0 Å². The van der Waals surface area contributed by atoms with Gasteiger partial charge in [0.15, 0.2) is 0 Å². The van der Waals surface area contributed by atoms with E-state index in [2.05, 4.69) is 9.88 Å². The molecular weight excluding hydrogens is 266 g/mol. The van der Waals surface area contributed by atoms with E-state index in [0.717, 1.165) is 49.4 Å². The van der Waals surface area contributed by atoms with Crippen molar-refractivity contribution in [1.29, 1.82) is 0 Å². The van der Waals surface area contributed by atoms with Crippen molar-refractivity contribution in [2.75, 3.05) is 24.6 Å². The van der Waals surface area contributed by atoms with Gasteiger partial charge in [-0.2, -0.15) is 0 Å². The molecule has 1 aromatic heterocycles. The maximum absolute atomic E-state index is 11.8. The summed E-state index contributed by atoms with van der Waals surface area (Å²) in [4.78, 5) is 18.5. The zero-order chi connectivity index (χ0) is 15.4. The van der Waals surface area contributed by atoms with E-state index in [1.807, 2.05) is 19.9 Å². The van der Waals surface area contributed by atoms with Crippen LogP contribution in [-0.4, -0.2) is 35.7 Å². The van der Waals surface area contributed by atoms with Gasteiger partial charge < -0.3 is 15.7 Å². The van der Waals surface area contributed by atoms with Gasteiger partial charge in [0.2, 0.25) is 0 Å². The van der Waals surface area contributed by atoms with Crippen LogP contribution in [0.3, 0.4) is 0 Å². The van der Waals surface area contributed by atoms with Gasteiger partial charge in [-0.1, -0.05) is 0 Å². The first kappa shape index (κ1) is 15.8. The molecule has 0 radical (unpaired) electrons. The van der Waals surface area contributed by atoms with Crippen LogP contribution in [0, 0.1) is 19.8 Å². The van der Waals surface area contributed by atoms with Gasteiger partial charge in [0, 0.05) is 25.4 Å². The van der Waals surface area contributed by atoms with Crippen molar-refractivity contribution in [1.82, 2.24) is 4.98 Å². The van der Waals surface area contributed by atoms with E-state index < -0.39 is 5.91 Å². The fourth-order valence-electron chi connectivity index (χ4n) is 3.22. The summed E-state index contributed by atoms with van der Waals surface area (Å²) in [6.07, 6.45) is 4.11. The number of carbonyl (C=O) groups excluding carboxylic acids is 1. The molecule has 1 fully saturated rings. The number of hydrogen-bond donors (Lipinski definition) is 2. The Kier molecular flexibility index (Phi) is 5.17. The maximum atomic E-state index is 11.8. The van der Waals surface area contributed by atoms with Crippen LogP contribution < -0.4 is 10.6 Å². The predicted octanol–water partition coefficient (Wildman–Crippen LogP) is 1.79. The lowest BCUT2D eigenvalue weighted by Gasteiger charge is -2.34. The third-order valence-electron chi connectivity index (χ3n) is 4.16. The summed E-state index contributed by atoms with van der Waals surface area (Å²) in [6.45, 7) is 5.88. The first-order chi connectivity index (χ1) is 10.0. The second-order valence-corrected chi connectivity index (χ2v) is 5.96. The lowest BCUT2D eigenvalue weighted by Crippen LogP contribution is -2.37. The number of nitrogens with zero attached hydrogens (tertiary/aromatic N) is 2. The average Bonchev–Trinajstić information content (AvgIpc) is 2.44. The molecule has 21 heavy (non-hydrogen) atoms. The molecule has 1 unspecified atom stereocenters. The number of aliphatic hydroxyl groups is 1. The smallest absolute Gasteiger partial charge is 0.252 e. The zero-order valence-electron chi connectivity index (χ0n) is 12.9. The highest BCUT2D eigenvalue weighted by Gasteiger charge is 2.25. The summed E-state index contributed by atoms with van der Waals surface area (Å²) in [5.74, 6) is 0.871. The monoisotopic (exact) mass is 291 g/mol. The third-order valence-corrected chi connectivity index (χ3v) is 4.16. The number of piperidine rings is 1. The molecule has 1 amide bonds. The van der Waals surface area contributed by atoms with Crippen molar-refractivity contribution in [3.63, 3.8) is 0 Å². The zero-order valence-corrected chi connectivity index (χ0v) is 12.9. The van der Waals surface area contributed by atoms with Gasteiger partial charge in [0.1, 0.15) is 5.82 Å². The minimum atomic E-state index is -0.410. The summed E-state index contributed by atoms with van der Waals surface area (Å²) in [5, 5.41) is 8.98. The van der Waals surface area contributed by atoms with Gasteiger partial charge >= 0.3 is 0 Å². The van der Waals surface area contributed by atoms with Crippen LogP contribution in [0.25, 0.3) is 0 Å². The third kappa shape index (κ3) is 3.73. The number of aliphatic hydroxyl groups excluding tert-OH is 1.